The van der Waals surface area contributed by atoms with Crippen LogP contribution in [0, 0.1) is 11.8 Å². The van der Waals surface area contributed by atoms with Crippen molar-refractivity contribution < 1.29 is 41.1 Å². The highest BCUT2D eigenvalue weighted by atomic mass is 31.0. The number of allylic oxidation sites excluding steroid dienone is 3. The Bertz CT molecular complexity index is 916. The number of hydrogen-bond acceptors (Lipinski definition) is 5. The molecule has 0 saturated heterocycles. The first-order chi connectivity index (χ1) is 17.0. The van der Waals surface area contributed by atoms with Gasteiger partial charge in [0.25, 0.3) is 0 Å². The fourth-order valence-corrected chi connectivity index (χ4v) is 4.35. The molecule has 2 rings (SSSR count). The van der Waals surface area contributed by atoms with Crippen LogP contribution < -0.4 is 4.74 Å². The van der Waals surface area contributed by atoms with Crippen LogP contribution in [-0.2, 0) is 25.0 Å². The predicted octanol–water partition coefficient (Wildman–Crippen LogP) is 6.43. The topological polar surface area (TPSA) is 61.8 Å². The maximum absolute atomic E-state index is 14.7. The van der Waals surface area contributed by atoms with E-state index in [4.69, 9.17) is 14.0 Å². The Balaban J connectivity index is 1.87. The minimum absolute atomic E-state index is 0.0761. The van der Waals surface area contributed by atoms with Crippen LogP contribution in [0.25, 0.3) is 0 Å². The molecular weight excluding hydrogens is 499 g/mol. The van der Waals surface area contributed by atoms with Crippen LogP contribution in [0.5, 0.6) is 5.75 Å². The number of carbonyl (C=O) groups is 2. The van der Waals surface area contributed by atoms with Gasteiger partial charge in [0.2, 0.25) is 0 Å². The third-order valence-corrected chi connectivity index (χ3v) is 6.11. The first-order valence-electron chi connectivity index (χ1n) is 11.9. The average molecular weight is 533 g/mol. The number of esters is 1. The molecule has 0 heterocycles. The number of rotatable bonds is 13. The van der Waals surface area contributed by atoms with Gasteiger partial charge in [0.1, 0.15) is 11.9 Å². The van der Waals surface area contributed by atoms with Crippen molar-refractivity contribution >= 4 is 21.2 Å². The highest BCUT2D eigenvalue weighted by Gasteiger charge is 2.42. The number of hydrogen-bond donors (Lipinski definition) is 0. The lowest BCUT2D eigenvalue weighted by atomic mass is 9.90. The molecule has 0 bridgehead atoms. The third kappa shape index (κ3) is 10.0. The van der Waals surface area contributed by atoms with Gasteiger partial charge in [-0.05, 0) is 63.3 Å². The summed E-state index contributed by atoms with van der Waals surface area (Å²) in [6, 6.07) is 4.26. The summed E-state index contributed by atoms with van der Waals surface area (Å²) >= 11 is 0. The first kappa shape index (κ1) is 30.0. The normalized spacial score (nSPS) is 22.6. The van der Waals surface area contributed by atoms with Gasteiger partial charge in [-0.25, -0.2) is 4.39 Å². The fourth-order valence-electron chi connectivity index (χ4n) is 4.04. The van der Waals surface area contributed by atoms with E-state index in [-0.39, 0.29) is 36.3 Å². The van der Waals surface area contributed by atoms with Crippen molar-refractivity contribution in [2.45, 2.75) is 70.5 Å². The van der Waals surface area contributed by atoms with E-state index in [9.17, 15) is 27.2 Å². The summed E-state index contributed by atoms with van der Waals surface area (Å²) in [5.74, 6) is -1.56. The van der Waals surface area contributed by atoms with E-state index in [0.29, 0.717) is 25.7 Å². The van der Waals surface area contributed by atoms with Crippen LogP contribution in [0.4, 0.5) is 17.6 Å². The molecule has 1 aromatic rings. The SMILES string of the molecule is CC(C)OC(=O)CCC/C=C\C[C@H]1C(OP)CC(F)[C@@H]1/C=C/C(=O)COc1cccc(C(F)(F)F)c1. The molecule has 10 heteroatoms. The summed E-state index contributed by atoms with van der Waals surface area (Å²) in [5.41, 5.74) is -0.871. The standard InChI is InChI=1S/C26H33F4O5P/c1-17(2)34-25(32)11-6-4-3-5-10-22-21(23(27)15-24(22)35-36)13-12-19(31)16-33-20-9-7-8-18(14-20)26(28,29)30/h3,5,7-9,12-14,17,21-24H,4,6,10-11,15-16,36H2,1-2H3/b5-3-,13-12+/t21-,22-,23?,24?/m1/s1. The minimum atomic E-state index is -4.51. The zero-order valence-corrected chi connectivity index (χ0v) is 21.5. The summed E-state index contributed by atoms with van der Waals surface area (Å²) in [5, 5.41) is 0. The third-order valence-electron chi connectivity index (χ3n) is 5.76. The lowest BCUT2D eigenvalue weighted by Crippen LogP contribution is -2.20. The number of ether oxygens (including phenoxy) is 2. The molecule has 200 valence electrons. The van der Waals surface area contributed by atoms with Gasteiger partial charge in [0.15, 0.2) is 12.4 Å². The molecule has 3 unspecified atom stereocenters. The Morgan fingerprint density at radius 3 is 2.64 bits per heavy atom. The average Bonchev–Trinajstić information content (AvgIpc) is 3.11. The van der Waals surface area contributed by atoms with Gasteiger partial charge in [0, 0.05) is 28.2 Å². The zero-order chi connectivity index (χ0) is 26.7. The van der Waals surface area contributed by atoms with Crippen LogP contribution in [-0.4, -0.2) is 36.7 Å². The van der Waals surface area contributed by atoms with Gasteiger partial charge in [-0.1, -0.05) is 24.3 Å². The molecule has 1 aliphatic rings. The molecule has 0 N–H and O–H groups in total. The number of benzene rings is 1. The molecule has 0 aliphatic heterocycles. The van der Waals surface area contributed by atoms with Crippen molar-refractivity contribution in [3.05, 3.63) is 54.1 Å². The van der Waals surface area contributed by atoms with Gasteiger partial charge in [-0.15, -0.1) is 0 Å². The quantitative estimate of drug-likeness (QED) is 0.0732. The Morgan fingerprint density at radius 2 is 1.97 bits per heavy atom. The van der Waals surface area contributed by atoms with Crippen molar-refractivity contribution in [1.29, 1.82) is 0 Å². The maximum atomic E-state index is 14.7. The number of halogens is 4. The van der Waals surface area contributed by atoms with Crippen LogP contribution in [0.2, 0.25) is 0 Å². The summed E-state index contributed by atoms with van der Waals surface area (Å²) in [4.78, 5) is 23.8. The molecule has 0 amide bonds. The van der Waals surface area contributed by atoms with Crippen molar-refractivity contribution in [2.24, 2.45) is 11.8 Å². The minimum Gasteiger partial charge on any atom is -0.485 e. The Morgan fingerprint density at radius 1 is 1.22 bits per heavy atom. The predicted molar refractivity (Wildman–Crippen MR) is 131 cm³/mol. The van der Waals surface area contributed by atoms with E-state index in [1.165, 1.54) is 24.3 Å². The Hall–Kier alpha value is -2.25. The van der Waals surface area contributed by atoms with Crippen molar-refractivity contribution in [1.82, 2.24) is 0 Å². The lowest BCUT2D eigenvalue weighted by molar-refractivity contribution is -0.147. The maximum Gasteiger partial charge on any atom is 0.416 e. The van der Waals surface area contributed by atoms with Crippen LogP contribution in [0.15, 0.2) is 48.6 Å². The molecule has 0 spiro atoms. The van der Waals surface area contributed by atoms with Gasteiger partial charge >= 0.3 is 12.1 Å². The zero-order valence-electron chi connectivity index (χ0n) is 20.4. The van der Waals surface area contributed by atoms with Crippen LogP contribution >= 0.6 is 9.47 Å². The number of alkyl halides is 4. The van der Waals surface area contributed by atoms with E-state index in [1.807, 2.05) is 12.2 Å². The van der Waals surface area contributed by atoms with Gasteiger partial charge in [-0.2, -0.15) is 13.2 Å². The van der Waals surface area contributed by atoms with Gasteiger partial charge in [0.05, 0.1) is 17.8 Å². The van der Waals surface area contributed by atoms with Crippen molar-refractivity contribution in [3.8, 4) is 5.75 Å². The Labute approximate surface area is 211 Å². The molecule has 1 saturated carbocycles. The van der Waals surface area contributed by atoms with E-state index >= 15 is 0 Å². The van der Waals surface area contributed by atoms with Crippen molar-refractivity contribution in [3.63, 3.8) is 0 Å². The largest absolute Gasteiger partial charge is 0.485 e. The van der Waals surface area contributed by atoms with Gasteiger partial charge < -0.3 is 14.0 Å². The van der Waals surface area contributed by atoms with Gasteiger partial charge in [-0.3, -0.25) is 9.59 Å². The highest BCUT2D eigenvalue weighted by Crippen LogP contribution is 2.40. The van der Waals surface area contributed by atoms with E-state index in [2.05, 4.69) is 9.47 Å². The summed E-state index contributed by atoms with van der Waals surface area (Å²) in [6.07, 6.45) is 2.73. The second-order valence-corrected chi connectivity index (χ2v) is 9.22. The number of unbranched alkanes of at least 4 members (excludes halogenated alkanes) is 1. The monoisotopic (exact) mass is 532 g/mol. The molecule has 1 aromatic carbocycles. The molecule has 5 nitrogen and oxygen atoms in total. The number of ketones is 1. The first-order valence-corrected chi connectivity index (χ1v) is 12.3. The van der Waals surface area contributed by atoms with E-state index in [1.54, 1.807) is 13.8 Å². The second kappa shape index (κ2) is 14.5. The molecule has 0 aromatic heterocycles. The van der Waals surface area contributed by atoms with Crippen LogP contribution in [0.1, 0.15) is 51.5 Å². The van der Waals surface area contributed by atoms with E-state index < -0.39 is 36.2 Å². The summed E-state index contributed by atoms with van der Waals surface area (Å²) < 4.78 is 68.8. The molecule has 0 radical (unpaired) electrons. The molecule has 1 aliphatic carbocycles. The molecule has 1 fully saturated rings. The molecule has 5 atom stereocenters. The van der Waals surface area contributed by atoms with E-state index in [0.717, 1.165) is 12.1 Å². The number of carbonyl (C=O) groups excluding carboxylic acids is 2. The molecular formula is C26H33F4O5P. The lowest BCUT2D eigenvalue weighted by Gasteiger charge is -2.20. The molecule has 36 heavy (non-hydrogen) atoms. The Kier molecular flexibility index (Phi) is 12.1. The smallest absolute Gasteiger partial charge is 0.416 e. The summed E-state index contributed by atoms with van der Waals surface area (Å²) in [7, 11) is 2.16. The van der Waals surface area contributed by atoms with Crippen molar-refractivity contribution in [2.75, 3.05) is 6.61 Å². The van der Waals surface area contributed by atoms with Crippen LogP contribution in [0.3, 0.4) is 0 Å². The highest BCUT2D eigenvalue weighted by molar-refractivity contribution is 7.09. The summed E-state index contributed by atoms with van der Waals surface area (Å²) in [6.45, 7) is 3.13. The fraction of sp³-hybridized carbons (Fsp3) is 0.538. The second-order valence-electron chi connectivity index (χ2n) is 8.95.